The van der Waals surface area contributed by atoms with Crippen LogP contribution in [0, 0.1) is 6.92 Å². The van der Waals surface area contributed by atoms with Crippen molar-refractivity contribution in [2.45, 2.75) is 36.8 Å². The van der Waals surface area contributed by atoms with Crippen LogP contribution >= 0.6 is 11.3 Å². The SMILES string of the molecule is Cc1nc2sc(C3CC3)nn2c1-c1ccc(C(F)(F)F)c(S(=O)(=O)CCO)c1. The molecular formula is C17H16F3N3O3S2. The fourth-order valence-electron chi connectivity index (χ4n) is 3.08. The molecule has 0 aliphatic heterocycles. The highest BCUT2D eigenvalue weighted by atomic mass is 32.2. The molecule has 3 aromatic rings. The molecule has 2 aromatic heterocycles. The zero-order valence-electron chi connectivity index (χ0n) is 14.7. The van der Waals surface area contributed by atoms with Crippen LogP contribution in [0.1, 0.15) is 35.0 Å². The normalized spacial score (nSPS) is 15.5. The number of aromatic nitrogens is 3. The van der Waals surface area contributed by atoms with Crippen LogP contribution in [-0.4, -0.2) is 40.5 Å². The lowest BCUT2D eigenvalue weighted by Crippen LogP contribution is -2.17. The quantitative estimate of drug-likeness (QED) is 0.669. The summed E-state index contributed by atoms with van der Waals surface area (Å²) in [5.41, 5.74) is 0.0425. The zero-order chi connectivity index (χ0) is 20.3. The van der Waals surface area contributed by atoms with Crippen LogP contribution in [0.15, 0.2) is 23.1 Å². The van der Waals surface area contributed by atoms with Crippen molar-refractivity contribution in [2.24, 2.45) is 0 Å². The summed E-state index contributed by atoms with van der Waals surface area (Å²) in [6.45, 7) is 0.934. The van der Waals surface area contributed by atoms with Gasteiger partial charge < -0.3 is 5.11 Å². The van der Waals surface area contributed by atoms with Gasteiger partial charge >= 0.3 is 6.18 Å². The second kappa shape index (κ2) is 6.53. The van der Waals surface area contributed by atoms with E-state index in [2.05, 4.69) is 10.1 Å². The minimum atomic E-state index is -4.84. The van der Waals surface area contributed by atoms with Crippen LogP contribution in [0.5, 0.6) is 0 Å². The number of halogens is 3. The van der Waals surface area contributed by atoms with Crippen molar-refractivity contribution in [3.05, 3.63) is 34.5 Å². The standard InChI is InChI=1S/C17H16F3N3O3S2/c1-9-14(23-16(21-9)27-15(22-23)10-2-3-10)11-4-5-12(17(18,19)20)13(8-11)28(25,26)7-6-24/h4-5,8,10,24H,2-3,6-7H2,1H3. The fraction of sp³-hybridized carbons (Fsp3) is 0.412. The van der Waals surface area contributed by atoms with Crippen LogP contribution in [0.4, 0.5) is 13.2 Å². The molecule has 1 N–H and O–H groups in total. The Labute approximate surface area is 162 Å². The van der Waals surface area contributed by atoms with Gasteiger partial charge in [-0.05, 0) is 31.9 Å². The molecule has 1 fully saturated rings. The molecule has 1 aliphatic carbocycles. The summed E-state index contributed by atoms with van der Waals surface area (Å²) < 4.78 is 66.4. The molecule has 1 aromatic carbocycles. The van der Waals surface area contributed by atoms with Crippen molar-refractivity contribution in [1.82, 2.24) is 14.6 Å². The molecule has 0 atom stereocenters. The van der Waals surface area contributed by atoms with E-state index in [4.69, 9.17) is 5.11 Å². The van der Waals surface area contributed by atoms with Crippen LogP contribution in [0.3, 0.4) is 0 Å². The van der Waals surface area contributed by atoms with Crippen molar-refractivity contribution in [1.29, 1.82) is 0 Å². The molecule has 2 heterocycles. The van der Waals surface area contributed by atoms with Gasteiger partial charge in [-0.3, -0.25) is 0 Å². The van der Waals surface area contributed by atoms with E-state index >= 15 is 0 Å². The second-order valence-electron chi connectivity index (χ2n) is 6.71. The van der Waals surface area contributed by atoms with Gasteiger partial charge in [0.1, 0.15) is 5.01 Å². The van der Waals surface area contributed by atoms with Crippen molar-refractivity contribution in [2.75, 3.05) is 12.4 Å². The summed E-state index contributed by atoms with van der Waals surface area (Å²) in [6.07, 6.45) is -2.73. The number of alkyl halides is 3. The van der Waals surface area contributed by atoms with E-state index < -0.39 is 38.8 Å². The maximum atomic E-state index is 13.4. The third kappa shape index (κ3) is 3.31. The lowest BCUT2D eigenvalue weighted by molar-refractivity contribution is -0.139. The average molecular weight is 431 g/mol. The van der Waals surface area contributed by atoms with Gasteiger partial charge in [-0.15, -0.1) is 0 Å². The summed E-state index contributed by atoms with van der Waals surface area (Å²) in [4.78, 5) is 4.20. The third-order valence-corrected chi connectivity index (χ3v) is 7.37. The Kier molecular flexibility index (Phi) is 4.51. The Bertz CT molecular complexity index is 1160. The van der Waals surface area contributed by atoms with Crippen molar-refractivity contribution in [3.63, 3.8) is 0 Å². The van der Waals surface area contributed by atoms with Crippen molar-refractivity contribution in [3.8, 4) is 11.3 Å². The minimum Gasteiger partial charge on any atom is -0.395 e. The van der Waals surface area contributed by atoms with Gasteiger partial charge in [0, 0.05) is 11.5 Å². The first-order chi connectivity index (χ1) is 13.1. The molecule has 0 radical (unpaired) electrons. The van der Waals surface area contributed by atoms with Crippen LogP contribution in [0.2, 0.25) is 0 Å². The highest BCUT2D eigenvalue weighted by molar-refractivity contribution is 7.91. The van der Waals surface area contributed by atoms with Crippen molar-refractivity contribution >= 4 is 26.1 Å². The van der Waals surface area contributed by atoms with Gasteiger partial charge in [0.05, 0.1) is 34.2 Å². The van der Waals surface area contributed by atoms with Crippen LogP contribution in [0.25, 0.3) is 16.2 Å². The second-order valence-corrected chi connectivity index (χ2v) is 9.77. The van der Waals surface area contributed by atoms with Crippen LogP contribution in [-0.2, 0) is 16.0 Å². The van der Waals surface area contributed by atoms with Crippen molar-refractivity contribution < 1.29 is 26.7 Å². The summed E-state index contributed by atoms with van der Waals surface area (Å²) in [5, 5.41) is 14.4. The molecule has 6 nitrogen and oxygen atoms in total. The van der Waals surface area contributed by atoms with E-state index in [0.717, 1.165) is 30.0 Å². The molecule has 0 unspecified atom stereocenters. The molecule has 0 amide bonds. The first-order valence-electron chi connectivity index (χ1n) is 8.53. The number of hydrogen-bond donors (Lipinski definition) is 1. The predicted octanol–water partition coefficient (Wildman–Crippen LogP) is 3.43. The van der Waals surface area contributed by atoms with E-state index in [0.29, 0.717) is 22.3 Å². The number of aliphatic hydroxyl groups is 1. The maximum Gasteiger partial charge on any atom is 0.417 e. The van der Waals surface area contributed by atoms with Gasteiger partial charge in [-0.2, -0.15) is 18.3 Å². The molecule has 0 spiro atoms. The Morgan fingerprint density at radius 2 is 2.04 bits per heavy atom. The lowest BCUT2D eigenvalue weighted by Gasteiger charge is -2.14. The number of benzene rings is 1. The third-order valence-electron chi connectivity index (χ3n) is 4.58. The van der Waals surface area contributed by atoms with E-state index in [1.165, 1.54) is 17.4 Å². The van der Waals surface area contributed by atoms with Gasteiger partial charge in [-0.25, -0.2) is 17.9 Å². The van der Waals surface area contributed by atoms with E-state index in [9.17, 15) is 21.6 Å². The Morgan fingerprint density at radius 3 is 2.64 bits per heavy atom. The minimum absolute atomic E-state index is 0.280. The maximum absolute atomic E-state index is 13.4. The van der Waals surface area contributed by atoms with Gasteiger partial charge in [-0.1, -0.05) is 17.4 Å². The topological polar surface area (TPSA) is 84.6 Å². The molecule has 11 heteroatoms. The molecular weight excluding hydrogens is 415 g/mol. The average Bonchev–Trinajstić information content (AvgIpc) is 3.29. The highest BCUT2D eigenvalue weighted by Crippen LogP contribution is 2.43. The summed E-state index contributed by atoms with van der Waals surface area (Å²) in [7, 11) is -4.32. The Morgan fingerprint density at radius 1 is 1.32 bits per heavy atom. The summed E-state index contributed by atoms with van der Waals surface area (Å²) >= 11 is 1.43. The zero-order valence-corrected chi connectivity index (χ0v) is 16.3. The first kappa shape index (κ1) is 19.3. The fourth-order valence-corrected chi connectivity index (χ4v) is 5.48. The number of hydrogen-bond acceptors (Lipinski definition) is 6. The number of aryl methyl sites for hydroxylation is 1. The van der Waals surface area contributed by atoms with Gasteiger partial charge in [0.2, 0.25) is 4.96 Å². The molecule has 4 rings (SSSR count). The first-order valence-corrected chi connectivity index (χ1v) is 11.0. The monoisotopic (exact) mass is 431 g/mol. The summed E-state index contributed by atoms with van der Waals surface area (Å²) in [5.74, 6) is -0.393. The van der Waals surface area contributed by atoms with E-state index in [1.54, 1.807) is 11.4 Å². The lowest BCUT2D eigenvalue weighted by atomic mass is 10.1. The molecule has 0 bridgehead atoms. The largest absolute Gasteiger partial charge is 0.417 e. The van der Waals surface area contributed by atoms with Gasteiger partial charge in [0.15, 0.2) is 9.84 Å². The molecule has 150 valence electrons. The molecule has 0 saturated heterocycles. The number of nitrogens with zero attached hydrogens (tertiary/aromatic N) is 3. The molecule has 28 heavy (non-hydrogen) atoms. The van der Waals surface area contributed by atoms with E-state index in [-0.39, 0.29) is 5.56 Å². The number of rotatable bonds is 5. The van der Waals surface area contributed by atoms with Crippen LogP contribution < -0.4 is 0 Å². The summed E-state index contributed by atoms with van der Waals surface area (Å²) in [6, 6.07) is 2.99. The number of imidazole rings is 1. The number of fused-ring (bicyclic) bond motifs is 1. The number of sulfone groups is 1. The van der Waals surface area contributed by atoms with Gasteiger partial charge in [0.25, 0.3) is 0 Å². The Balaban J connectivity index is 1.91. The highest BCUT2D eigenvalue weighted by Gasteiger charge is 2.37. The molecule has 1 saturated carbocycles. The van der Waals surface area contributed by atoms with E-state index in [1.807, 2.05) is 0 Å². The molecule has 1 aliphatic rings. The Hall–Kier alpha value is -1.98. The predicted molar refractivity (Wildman–Crippen MR) is 97.2 cm³/mol. The number of aliphatic hydroxyl groups excluding tert-OH is 1. The smallest absolute Gasteiger partial charge is 0.395 e.